The number of anilines is 1. The Balaban J connectivity index is 1.65. The van der Waals surface area contributed by atoms with E-state index in [9.17, 15) is 0 Å². The van der Waals surface area contributed by atoms with E-state index in [2.05, 4.69) is 49.5 Å². The molecule has 1 spiro atoms. The first-order valence-electron chi connectivity index (χ1n) is 10.7. The quantitative estimate of drug-likeness (QED) is 0.579. The van der Waals surface area contributed by atoms with E-state index in [1.165, 1.54) is 61.2 Å². The van der Waals surface area contributed by atoms with Crippen LogP contribution < -0.4 is 5.32 Å². The summed E-state index contributed by atoms with van der Waals surface area (Å²) in [5, 5.41) is 4.50. The number of hydrogen-bond donors (Lipinski definition) is 1. The van der Waals surface area contributed by atoms with Crippen LogP contribution in [-0.4, -0.2) is 5.84 Å². The Morgan fingerprint density at radius 3 is 2.43 bits per heavy atom. The second-order valence-electron chi connectivity index (χ2n) is 8.74. The maximum atomic E-state index is 6.17. The van der Waals surface area contributed by atoms with Gasteiger partial charge in [-0.15, -0.1) is 0 Å². The smallest absolute Gasteiger partial charge is 0.108 e. The van der Waals surface area contributed by atoms with E-state index in [0.29, 0.717) is 12.0 Å². The van der Waals surface area contributed by atoms with E-state index in [1.54, 1.807) is 0 Å². The minimum absolute atomic E-state index is 0.154. The number of aliphatic imine (C=N–C) groups is 1. The molecule has 1 N–H and O–H groups in total. The number of rotatable bonds is 4. The van der Waals surface area contributed by atoms with Gasteiger partial charge in [-0.2, -0.15) is 0 Å². The molecule has 1 aliphatic carbocycles. The molecule has 0 amide bonds. The van der Waals surface area contributed by atoms with Crippen molar-refractivity contribution >= 4 is 23.1 Å². The lowest BCUT2D eigenvalue weighted by Gasteiger charge is -2.49. The Labute approximate surface area is 174 Å². The van der Waals surface area contributed by atoms with Gasteiger partial charge in [0.15, 0.2) is 0 Å². The van der Waals surface area contributed by atoms with Gasteiger partial charge in [-0.3, -0.25) is 4.99 Å². The molecule has 0 bridgehead atoms. The van der Waals surface area contributed by atoms with Crippen LogP contribution in [0.3, 0.4) is 0 Å². The van der Waals surface area contributed by atoms with E-state index >= 15 is 0 Å². The molecule has 0 atom stereocenters. The largest absolute Gasteiger partial charge is 0.343 e. The molecule has 1 fully saturated rings. The zero-order valence-electron chi connectivity index (χ0n) is 17.1. The molecule has 2 aromatic rings. The van der Waals surface area contributed by atoms with Gasteiger partial charge < -0.3 is 5.32 Å². The van der Waals surface area contributed by atoms with Crippen LogP contribution in [0.15, 0.2) is 53.5 Å². The van der Waals surface area contributed by atoms with E-state index in [4.69, 9.17) is 16.6 Å². The molecular formula is C25H31ClN2. The molecule has 1 saturated carbocycles. The van der Waals surface area contributed by atoms with Crippen molar-refractivity contribution in [2.24, 2.45) is 15.8 Å². The van der Waals surface area contributed by atoms with Crippen molar-refractivity contribution in [1.29, 1.82) is 0 Å². The fraction of sp³-hybridized carbons (Fsp3) is 0.480. The van der Waals surface area contributed by atoms with Gasteiger partial charge in [0, 0.05) is 16.1 Å². The first-order chi connectivity index (χ1) is 13.6. The molecule has 0 unspecified atom stereocenters. The second-order valence-corrected chi connectivity index (χ2v) is 9.18. The predicted octanol–water partition coefficient (Wildman–Crippen LogP) is 7.27. The topological polar surface area (TPSA) is 24.4 Å². The van der Waals surface area contributed by atoms with Gasteiger partial charge in [-0.05, 0) is 66.8 Å². The minimum atomic E-state index is 0.154. The third kappa shape index (κ3) is 3.72. The minimum Gasteiger partial charge on any atom is -0.343 e. The molecule has 4 rings (SSSR count). The van der Waals surface area contributed by atoms with E-state index in [1.807, 2.05) is 18.2 Å². The summed E-state index contributed by atoms with van der Waals surface area (Å²) >= 11 is 6.17. The molecule has 0 radical (unpaired) electrons. The maximum Gasteiger partial charge on any atom is 0.108 e. The summed E-state index contributed by atoms with van der Waals surface area (Å²) in [6.07, 6.45) is 8.75. The van der Waals surface area contributed by atoms with Crippen molar-refractivity contribution in [3.05, 3.63) is 64.7 Å². The highest BCUT2D eigenvalue weighted by atomic mass is 35.5. The van der Waals surface area contributed by atoms with Gasteiger partial charge in [-0.25, -0.2) is 0 Å². The standard InChI is InChI=1S/C25H31ClN2/c1-3-24(4-2)12-14-25(15-13-24)17-20-9-5-6-11-22(20)28-23(25)27-18-19-8-7-10-21(26)16-19/h5-11,16H,3-4,12-15,17-18H2,1-2H3,(H,27,28). The van der Waals surface area contributed by atoms with Crippen LogP contribution in [0.2, 0.25) is 5.02 Å². The van der Waals surface area contributed by atoms with Gasteiger partial charge >= 0.3 is 0 Å². The van der Waals surface area contributed by atoms with Gasteiger partial charge in [-0.1, -0.05) is 68.6 Å². The maximum absolute atomic E-state index is 6.17. The van der Waals surface area contributed by atoms with Crippen LogP contribution in [0.25, 0.3) is 0 Å². The zero-order valence-corrected chi connectivity index (χ0v) is 17.9. The van der Waals surface area contributed by atoms with Gasteiger partial charge in [0.05, 0.1) is 6.54 Å². The third-order valence-corrected chi connectivity index (χ3v) is 7.61. The van der Waals surface area contributed by atoms with Crippen LogP contribution in [0, 0.1) is 10.8 Å². The average molecular weight is 395 g/mol. The van der Waals surface area contributed by atoms with E-state index in [0.717, 1.165) is 11.4 Å². The molecular weight excluding hydrogens is 364 g/mol. The number of nitrogens with zero attached hydrogens (tertiary/aromatic N) is 1. The molecule has 0 saturated heterocycles. The van der Waals surface area contributed by atoms with E-state index in [-0.39, 0.29) is 5.41 Å². The van der Waals surface area contributed by atoms with Crippen molar-refractivity contribution in [1.82, 2.24) is 0 Å². The molecule has 2 aromatic carbocycles. The number of para-hydroxylation sites is 1. The summed E-state index contributed by atoms with van der Waals surface area (Å²) in [6.45, 7) is 5.41. The van der Waals surface area contributed by atoms with Gasteiger partial charge in [0.2, 0.25) is 0 Å². The van der Waals surface area contributed by atoms with Crippen molar-refractivity contribution in [3.8, 4) is 0 Å². The third-order valence-electron chi connectivity index (χ3n) is 7.38. The number of halogens is 1. The molecule has 0 aromatic heterocycles. The van der Waals surface area contributed by atoms with Crippen LogP contribution in [-0.2, 0) is 13.0 Å². The number of fused-ring (bicyclic) bond motifs is 1. The van der Waals surface area contributed by atoms with Crippen LogP contribution >= 0.6 is 11.6 Å². The normalized spacial score (nSPS) is 21.3. The van der Waals surface area contributed by atoms with Crippen molar-refractivity contribution in [2.75, 3.05) is 5.32 Å². The van der Waals surface area contributed by atoms with Crippen LogP contribution in [0.1, 0.15) is 63.5 Å². The fourth-order valence-electron chi connectivity index (χ4n) is 5.15. The van der Waals surface area contributed by atoms with Gasteiger partial charge in [0.1, 0.15) is 5.84 Å². The van der Waals surface area contributed by atoms with E-state index < -0.39 is 0 Å². The summed E-state index contributed by atoms with van der Waals surface area (Å²) in [5.74, 6) is 1.19. The highest BCUT2D eigenvalue weighted by molar-refractivity contribution is 6.30. The lowest BCUT2D eigenvalue weighted by molar-refractivity contribution is 0.108. The molecule has 1 aliphatic heterocycles. The predicted molar refractivity (Wildman–Crippen MR) is 120 cm³/mol. The lowest BCUT2D eigenvalue weighted by atomic mass is 9.58. The Morgan fingerprint density at radius 2 is 1.71 bits per heavy atom. The highest BCUT2D eigenvalue weighted by Crippen LogP contribution is 2.52. The molecule has 2 nitrogen and oxygen atoms in total. The van der Waals surface area contributed by atoms with Crippen molar-refractivity contribution < 1.29 is 0 Å². The zero-order chi connectivity index (χ0) is 19.6. The SMILES string of the molecule is CCC1(CC)CCC2(CC1)Cc1ccccc1NC2=NCc1cccc(Cl)c1. The van der Waals surface area contributed by atoms with Crippen molar-refractivity contribution in [3.63, 3.8) is 0 Å². The average Bonchev–Trinajstić information content (AvgIpc) is 2.73. The lowest BCUT2D eigenvalue weighted by Crippen LogP contribution is -2.46. The monoisotopic (exact) mass is 394 g/mol. The highest BCUT2D eigenvalue weighted by Gasteiger charge is 2.46. The second kappa shape index (κ2) is 7.91. The van der Waals surface area contributed by atoms with Gasteiger partial charge in [0.25, 0.3) is 0 Å². The first-order valence-corrected chi connectivity index (χ1v) is 11.1. The Morgan fingerprint density at radius 1 is 0.964 bits per heavy atom. The van der Waals surface area contributed by atoms with Crippen LogP contribution in [0.4, 0.5) is 5.69 Å². The first kappa shape index (κ1) is 19.5. The Bertz CT molecular complexity index is 856. The summed E-state index contributed by atoms with van der Waals surface area (Å²) in [7, 11) is 0. The summed E-state index contributed by atoms with van der Waals surface area (Å²) in [5.41, 5.74) is 4.51. The Hall–Kier alpha value is -1.80. The number of hydrogen-bond acceptors (Lipinski definition) is 1. The summed E-state index contributed by atoms with van der Waals surface area (Å²) in [4.78, 5) is 5.12. The van der Waals surface area contributed by atoms with Crippen molar-refractivity contribution in [2.45, 2.75) is 65.3 Å². The summed E-state index contributed by atoms with van der Waals surface area (Å²) in [6, 6.07) is 16.8. The molecule has 2 aliphatic rings. The molecule has 148 valence electrons. The molecule has 1 heterocycles. The van der Waals surface area contributed by atoms with Crippen LogP contribution in [0.5, 0.6) is 0 Å². The molecule has 28 heavy (non-hydrogen) atoms. The number of amidine groups is 1. The summed E-state index contributed by atoms with van der Waals surface area (Å²) < 4.78 is 0. The number of benzene rings is 2. The molecule has 3 heteroatoms. The fourth-order valence-corrected chi connectivity index (χ4v) is 5.36. The number of nitrogens with one attached hydrogen (secondary N) is 1. The Kier molecular flexibility index (Phi) is 5.51.